The fraction of sp³-hybridized carbons (Fsp3) is 0.235. The van der Waals surface area contributed by atoms with Crippen molar-refractivity contribution in [2.75, 3.05) is 11.1 Å². The minimum atomic E-state index is -2.77. The Hall–Kier alpha value is -3.34. The van der Waals surface area contributed by atoms with E-state index in [-0.39, 0.29) is 16.9 Å². The van der Waals surface area contributed by atoms with Crippen LogP contribution < -0.4 is 11.1 Å². The van der Waals surface area contributed by atoms with Gasteiger partial charge in [-0.3, -0.25) is 5.10 Å². The zero-order valence-corrected chi connectivity index (χ0v) is 15.5. The van der Waals surface area contributed by atoms with E-state index >= 15 is 0 Å². The molecule has 1 aliphatic carbocycles. The Bertz CT molecular complexity index is 1210. The highest BCUT2D eigenvalue weighted by Gasteiger charge is 2.49. The van der Waals surface area contributed by atoms with Crippen molar-refractivity contribution in [3.05, 3.63) is 41.3 Å². The summed E-state index contributed by atoms with van der Waals surface area (Å²) in [6, 6.07) is 5.60. The second kappa shape index (κ2) is 6.34. The SMILES string of the molecule is Nc1nc(NC2(c3nn(C(F)F)cc3Cl)CC2)nc(-c2ccc3cn[nH]c3c2)n1. The molecule has 4 N–H and O–H groups in total. The van der Waals surface area contributed by atoms with Crippen LogP contribution in [0.1, 0.15) is 25.1 Å². The van der Waals surface area contributed by atoms with Crippen LogP contribution in [0, 0.1) is 0 Å². The van der Waals surface area contributed by atoms with E-state index in [0.717, 1.165) is 22.7 Å². The molecule has 3 aromatic heterocycles. The minimum absolute atomic E-state index is 0.0298. The number of nitrogens with zero attached hydrogens (tertiary/aromatic N) is 6. The molecular formula is C17H14ClF2N9. The Morgan fingerprint density at radius 3 is 2.79 bits per heavy atom. The van der Waals surface area contributed by atoms with Crippen LogP contribution in [0.15, 0.2) is 30.6 Å². The van der Waals surface area contributed by atoms with E-state index in [4.69, 9.17) is 17.3 Å². The third-order valence-electron chi connectivity index (χ3n) is 4.79. The van der Waals surface area contributed by atoms with Crippen LogP contribution in [0.2, 0.25) is 5.02 Å². The maximum absolute atomic E-state index is 12.9. The van der Waals surface area contributed by atoms with Gasteiger partial charge in [0.25, 0.3) is 0 Å². The summed E-state index contributed by atoms with van der Waals surface area (Å²) in [6.45, 7) is -2.77. The summed E-state index contributed by atoms with van der Waals surface area (Å²) >= 11 is 6.14. The predicted molar refractivity (Wildman–Crippen MR) is 102 cm³/mol. The first-order chi connectivity index (χ1) is 13.9. The molecular weight excluding hydrogens is 404 g/mol. The van der Waals surface area contributed by atoms with Gasteiger partial charge in [0.05, 0.1) is 22.3 Å². The van der Waals surface area contributed by atoms with Crippen molar-refractivity contribution >= 4 is 34.4 Å². The quantitative estimate of drug-likeness (QED) is 0.455. The van der Waals surface area contributed by atoms with Gasteiger partial charge in [-0.2, -0.15) is 33.9 Å². The summed E-state index contributed by atoms with van der Waals surface area (Å²) < 4.78 is 26.4. The van der Waals surface area contributed by atoms with Crippen molar-refractivity contribution in [1.29, 1.82) is 0 Å². The molecule has 29 heavy (non-hydrogen) atoms. The number of rotatable bonds is 5. The molecule has 148 valence electrons. The topological polar surface area (TPSA) is 123 Å². The first kappa shape index (κ1) is 17.7. The molecule has 0 saturated heterocycles. The van der Waals surface area contributed by atoms with E-state index in [0.29, 0.717) is 29.0 Å². The van der Waals surface area contributed by atoms with Crippen LogP contribution in [-0.2, 0) is 5.54 Å². The Morgan fingerprint density at radius 2 is 2.07 bits per heavy atom. The van der Waals surface area contributed by atoms with Gasteiger partial charge in [-0.15, -0.1) is 0 Å². The monoisotopic (exact) mass is 417 g/mol. The van der Waals surface area contributed by atoms with Crippen LogP contribution in [0.3, 0.4) is 0 Å². The molecule has 0 atom stereocenters. The maximum atomic E-state index is 12.9. The molecule has 1 aromatic carbocycles. The van der Waals surface area contributed by atoms with E-state index < -0.39 is 12.1 Å². The normalized spacial score (nSPS) is 15.2. The molecule has 4 aromatic rings. The zero-order valence-electron chi connectivity index (χ0n) is 14.8. The van der Waals surface area contributed by atoms with Gasteiger partial charge >= 0.3 is 6.55 Å². The lowest BCUT2D eigenvalue weighted by Gasteiger charge is -2.16. The number of H-pyrrole nitrogens is 1. The molecule has 0 bridgehead atoms. The lowest BCUT2D eigenvalue weighted by atomic mass is 10.1. The van der Waals surface area contributed by atoms with E-state index in [9.17, 15) is 8.78 Å². The van der Waals surface area contributed by atoms with Gasteiger partial charge in [-0.05, 0) is 18.9 Å². The molecule has 3 heterocycles. The Kier molecular flexibility index (Phi) is 3.88. The van der Waals surface area contributed by atoms with Crippen molar-refractivity contribution in [2.45, 2.75) is 24.9 Å². The van der Waals surface area contributed by atoms with Gasteiger partial charge in [-0.25, -0.2) is 4.68 Å². The smallest absolute Gasteiger partial charge is 0.333 e. The van der Waals surface area contributed by atoms with Crippen molar-refractivity contribution in [3.8, 4) is 11.4 Å². The number of hydrogen-bond acceptors (Lipinski definition) is 7. The second-order valence-electron chi connectivity index (χ2n) is 6.80. The fourth-order valence-corrected chi connectivity index (χ4v) is 3.53. The first-order valence-electron chi connectivity index (χ1n) is 8.70. The molecule has 9 nitrogen and oxygen atoms in total. The minimum Gasteiger partial charge on any atom is -0.368 e. The third-order valence-corrected chi connectivity index (χ3v) is 5.07. The van der Waals surface area contributed by atoms with Gasteiger partial charge in [-0.1, -0.05) is 23.7 Å². The van der Waals surface area contributed by atoms with Crippen molar-refractivity contribution in [2.24, 2.45) is 0 Å². The van der Waals surface area contributed by atoms with Gasteiger partial charge in [0.2, 0.25) is 11.9 Å². The molecule has 1 aliphatic rings. The molecule has 1 fully saturated rings. The highest BCUT2D eigenvalue weighted by atomic mass is 35.5. The number of fused-ring (bicyclic) bond motifs is 1. The number of alkyl halides is 2. The Labute approximate surface area is 167 Å². The Balaban J connectivity index is 1.49. The molecule has 0 amide bonds. The third kappa shape index (κ3) is 3.12. The number of aromatic nitrogens is 7. The number of aromatic amines is 1. The summed E-state index contributed by atoms with van der Waals surface area (Å²) in [4.78, 5) is 12.8. The van der Waals surface area contributed by atoms with Crippen LogP contribution in [0.5, 0.6) is 0 Å². The predicted octanol–water partition coefficient (Wildman–Crippen LogP) is 3.34. The van der Waals surface area contributed by atoms with Crippen LogP contribution >= 0.6 is 11.6 Å². The Morgan fingerprint density at radius 1 is 1.24 bits per heavy atom. The molecule has 0 spiro atoms. The molecule has 0 unspecified atom stereocenters. The zero-order chi connectivity index (χ0) is 20.2. The number of nitrogen functional groups attached to an aromatic ring is 1. The summed E-state index contributed by atoms with van der Waals surface area (Å²) in [6.07, 6.45) is 4.12. The maximum Gasteiger partial charge on any atom is 0.333 e. The largest absolute Gasteiger partial charge is 0.368 e. The molecule has 0 aliphatic heterocycles. The fourth-order valence-electron chi connectivity index (χ4n) is 3.21. The van der Waals surface area contributed by atoms with Gasteiger partial charge in [0, 0.05) is 17.1 Å². The number of nitrogens with two attached hydrogens (primary N) is 1. The van der Waals surface area contributed by atoms with Crippen LogP contribution in [-0.4, -0.2) is 34.9 Å². The number of anilines is 2. The highest BCUT2D eigenvalue weighted by Crippen LogP contribution is 2.49. The van der Waals surface area contributed by atoms with Gasteiger partial charge < -0.3 is 11.1 Å². The van der Waals surface area contributed by atoms with Crippen LogP contribution in [0.25, 0.3) is 22.3 Å². The van der Waals surface area contributed by atoms with Gasteiger partial charge in [0.1, 0.15) is 5.69 Å². The second-order valence-corrected chi connectivity index (χ2v) is 7.21. The molecule has 1 saturated carbocycles. The van der Waals surface area contributed by atoms with E-state index in [1.807, 2.05) is 18.2 Å². The van der Waals surface area contributed by atoms with Crippen molar-refractivity contribution < 1.29 is 8.78 Å². The molecule has 12 heteroatoms. The number of nitrogens with one attached hydrogen (secondary N) is 2. The lowest BCUT2D eigenvalue weighted by molar-refractivity contribution is 0.0560. The summed E-state index contributed by atoms with van der Waals surface area (Å²) in [5, 5.41) is 15.1. The average molecular weight is 418 g/mol. The van der Waals surface area contributed by atoms with E-state index in [2.05, 4.69) is 35.6 Å². The average Bonchev–Trinajstić information content (AvgIpc) is 3.12. The lowest BCUT2D eigenvalue weighted by Crippen LogP contribution is -2.22. The standard InChI is InChI=1S/C17H14ClF2N9/c18-10-7-29(14(19)20)28-12(10)17(3-4-17)26-16-24-13(23-15(21)25-16)8-1-2-9-6-22-27-11(9)5-8/h1-2,5-7,14H,3-4H2,(H,22,27)(H3,21,23,24,25,26). The first-order valence-corrected chi connectivity index (χ1v) is 9.08. The number of hydrogen-bond donors (Lipinski definition) is 3. The summed E-state index contributed by atoms with van der Waals surface area (Å²) in [7, 11) is 0. The summed E-state index contributed by atoms with van der Waals surface area (Å²) in [5.41, 5.74) is 7.05. The highest BCUT2D eigenvalue weighted by molar-refractivity contribution is 6.31. The van der Waals surface area contributed by atoms with Crippen molar-refractivity contribution in [3.63, 3.8) is 0 Å². The number of benzene rings is 1. The van der Waals surface area contributed by atoms with E-state index in [1.54, 1.807) is 6.20 Å². The van der Waals surface area contributed by atoms with Gasteiger partial charge in [0.15, 0.2) is 5.82 Å². The molecule has 5 rings (SSSR count). The van der Waals surface area contributed by atoms with Crippen LogP contribution in [0.4, 0.5) is 20.7 Å². The summed E-state index contributed by atoms with van der Waals surface area (Å²) in [5.74, 6) is 0.621. The molecule has 0 radical (unpaired) electrons. The van der Waals surface area contributed by atoms with Crippen molar-refractivity contribution in [1.82, 2.24) is 34.9 Å². The number of halogens is 3. The van der Waals surface area contributed by atoms with E-state index in [1.165, 1.54) is 0 Å².